The van der Waals surface area contributed by atoms with E-state index in [0.717, 1.165) is 17.5 Å². The van der Waals surface area contributed by atoms with Gasteiger partial charge in [0.1, 0.15) is 11.6 Å². The number of ether oxygens (including phenoxy) is 2. The number of halogens is 1. The third-order valence-electron chi connectivity index (χ3n) is 5.88. The average molecular weight is 432 g/mol. The lowest BCUT2D eigenvalue weighted by molar-refractivity contribution is -0.0173. The number of aromatic hydroxyl groups is 1. The first-order valence-electron chi connectivity index (χ1n) is 10.4. The van der Waals surface area contributed by atoms with Crippen molar-refractivity contribution in [3.8, 4) is 22.8 Å². The van der Waals surface area contributed by atoms with E-state index in [9.17, 15) is 14.4 Å². The summed E-state index contributed by atoms with van der Waals surface area (Å²) in [5.41, 5.74) is 4.92. The van der Waals surface area contributed by atoms with Gasteiger partial charge in [-0.25, -0.2) is 4.39 Å². The molecule has 0 atom stereocenters. The van der Waals surface area contributed by atoms with E-state index in [1.54, 1.807) is 10.6 Å². The molecule has 7 heteroatoms. The van der Waals surface area contributed by atoms with Gasteiger partial charge < -0.3 is 19.1 Å². The van der Waals surface area contributed by atoms with Crippen LogP contribution in [0.5, 0.6) is 11.6 Å². The van der Waals surface area contributed by atoms with Gasteiger partial charge in [-0.2, -0.15) is 0 Å². The highest BCUT2D eigenvalue weighted by Gasteiger charge is 2.22. The maximum absolute atomic E-state index is 14.2. The Kier molecular flexibility index (Phi) is 5.11. The van der Waals surface area contributed by atoms with Crippen LogP contribution in [0.25, 0.3) is 22.0 Å². The van der Waals surface area contributed by atoms with Gasteiger partial charge in [-0.05, 0) is 52.6 Å². The van der Waals surface area contributed by atoms with Gasteiger partial charge in [0.05, 0.1) is 18.7 Å². The molecule has 0 amide bonds. The third kappa shape index (κ3) is 3.40. The van der Waals surface area contributed by atoms with Crippen molar-refractivity contribution in [2.24, 2.45) is 5.18 Å². The summed E-state index contributed by atoms with van der Waals surface area (Å²) < 4.78 is 26.7. The number of nitroso groups, excluding NO2 is 1. The van der Waals surface area contributed by atoms with Gasteiger partial charge in [0, 0.05) is 16.5 Å². The van der Waals surface area contributed by atoms with Crippen LogP contribution in [0.1, 0.15) is 23.6 Å². The molecule has 6 nitrogen and oxygen atoms in total. The Labute approximate surface area is 183 Å². The van der Waals surface area contributed by atoms with Crippen molar-refractivity contribution in [3.63, 3.8) is 0 Å². The number of nitrogens with zero attached hydrogens (tertiary/aromatic N) is 2. The quantitative estimate of drug-likeness (QED) is 0.391. The molecule has 0 radical (unpaired) electrons. The second-order valence-electron chi connectivity index (χ2n) is 7.80. The second-order valence-corrected chi connectivity index (χ2v) is 7.80. The molecule has 2 heterocycles. The van der Waals surface area contributed by atoms with Crippen LogP contribution >= 0.6 is 0 Å². The van der Waals surface area contributed by atoms with E-state index >= 15 is 0 Å². The second kappa shape index (κ2) is 8.09. The summed E-state index contributed by atoms with van der Waals surface area (Å²) in [7, 11) is 0. The molecule has 0 saturated carbocycles. The highest BCUT2D eigenvalue weighted by atomic mass is 19.1. The molecule has 0 fully saturated rings. The standard InChI is InChI=1S/C25H21FN2O4/c1-2-15-3-5-16(6-4-15)17-7-8-21-22(11-17)28(25(29)23(21)27-30)12-18-9-20(26)10-19-13-31-14-32-24(18)19/h3-11,29H,2,12-14H2,1H3. The summed E-state index contributed by atoms with van der Waals surface area (Å²) in [4.78, 5) is 11.5. The monoisotopic (exact) mass is 432 g/mol. The van der Waals surface area contributed by atoms with Crippen LogP contribution in [-0.4, -0.2) is 16.5 Å². The van der Waals surface area contributed by atoms with Crippen molar-refractivity contribution >= 4 is 16.6 Å². The fourth-order valence-corrected chi connectivity index (χ4v) is 4.22. The van der Waals surface area contributed by atoms with Crippen molar-refractivity contribution in [3.05, 3.63) is 82.0 Å². The van der Waals surface area contributed by atoms with E-state index in [4.69, 9.17) is 9.47 Å². The molecule has 0 saturated heterocycles. The van der Waals surface area contributed by atoms with Gasteiger partial charge in [0.2, 0.25) is 5.88 Å². The molecule has 0 spiro atoms. The zero-order valence-corrected chi connectivity index (χ0v) is 17.5. The molecule has 3 aromatic carbocycles. The summed E-state index contributed by atoms with van der Waals surface area (Å²) in [6.45, 7) is 2.53. The van der Waals surface area contributed by atoms with E-state index in [2.05, 4.69) is 24.2 Å². The first kappa shape index (κ1) is 20.2. The van der Waals surface area contributed by atoms with Crippen LogP contribution in [0.4, 0.5) is 10.1 Å². The van der Waals surface area contributed by atoms with Gasteiger partial charge in [-0.1, -0.05) is 37.3 Å². The van der Waals surface area contributed by atoms with Crippen LogP contribution in [0.3, 0.4) is 0 Å². The lowest BCUT2D eigenvalue weighted by Gasteiger charge is -2.21. The number of rotatable bonds is 5. The van der Waals surface area contributed by atoms with E-state index in [1.165, 1.54) is 17.7 Å². The fourth-order valence-electron chi connectivity index (χ4n) is 4.22. The zero-order valence-electron chi connectivity index (χ0n) is 17.5. The smallest absolute Gasteiger partial charge is 0.222 e. The molecular formula is C25H21FN2O4. The third-order valence-corrected chi connectivity index (χ3v) is 5.88. The first-order chi connectivity index (χ1) is 15.6. The molecule has 0 bridgehead atoms. The number of benzene rings is 3. The minimum Gasteiger partial charge on any atom is -0.493 e. The molecular weight excluding hydrogens is 411 g/mol. The maximum atomic E-state index is 14.2. The van der Waals surface area contributed by atoms with E-state index in [0.29, 0.717) is 27.8 Å². The van der Waals surface area contributed by atoms with Crippen LogP contribution in [0.15, 0.2) is 59.8 Å². The van der Waals surface area contributed by atoms with Crippen molar-refractivity contribution in [1.82, 2.24) is 4.57 Å². The zero-order chi connectivity index (χ0) is 22.2. The number of aryl methyl sites for hydroxylation is 1. The lowest BCUT2D eigenvalue weighted by atomic mass is 10.0. The largest absolute Gasteiger partial charge is 0.493 e. The minimum absolute atomic E-state index is 0.0394. The van der Waals surface area contributed by atoms with Crippen LogP contribution in [0.2, 0.25) is 0 Å². The summed E-state index contributed by atoms with van der Waals surface area (Å²) in [5.74, 6) is -0.154. The Morgan fingerprint density at radius 2 is 1.88 bits per heavy atom. The molecule has 1 aliphatic rings. The molecule has 4 aromatic rings. The summed E-state index contributed by atoms with van der Waals surface area (Å²) >= 11 is 0. The van der Waals surface area contributed by atoms with Gasteiger partial charge >= 0.3 is 0 Å². The molecule has 1 aromatic heterocycles. The average Bonchev–Trinajstić information content (AvgIpc) is 3.09. The summed E-state index contributed by atoms with van der Waals surface area (Å²) in [6, 6.07) is 16.6. The number of hydrogen-bond acceptors (Lipinski definition) is 5. The van der Waals surface area contributed by atoms with Crippen molar-refractivity contribution in [1.29, 1.82) is 0 Å². The molecule has 0 aliphatic carbocycles. The van der Waals surface area contributed by atoms with Gasteiger partial charge in [-0.3, -0.25) is 0 Å². The van der Waals surface area contributed by atoms with Gasteiger partial charge in [-0.15, -0.1) is 4.91 Å². The molecule has 162 valence electrons. The Morgan fingerprint density at radius 1 is 1.09 bits per heavy atom. The molecule has 32 heavy (non-hydrogen) atoms. The fraction of sp³-hybridized carbons (Fsp3) is 0.200. The van der Waals surface area contributed by atoms with Crippen molar-refractivity contribution in [2.75, 3.05) is 6.79 Å². The van der Waals surface area contributed by atoms with Gasteiger partial charge in [0.15, 0.2) is 12.5 Å². The Bertz CT molecular complexity index is 1330. The van der Waals surface area contributed by atoms with Crippen LogP contribution in [0, 0.1) is 10.7 Å². The molecule has 1 aliphatic heterocycles. The van der Waals surface area contributed by atoms with E-state index in [1.807, 2.05) is 24.3 Å². The Morgan fingerprint density at radius 3 is 2.62 bits per heavy atom. The van der Waals surface area contributed by atoms with Crippen molar-refractivity contribution in [2.45, 2.75) is 26.5 Å². The summed E-state index contributed by atoms with van der Waals surface area (Å²) in [6.07, 6.45) is 0.954. The minimum atomic E-state index is -0.422. The topological polar surface area (TPSA) is 73.0 Å². The lowest BCUT2D eigenvalue weighted by Crippen LogP contribution is -2.14. The summed E-state index contributed by atoms with van der Waals surface area (Å²) in [5, 5.41) is 14.4. The predicted molar refractivity (Wildman–Crippen MR) is 120 cm³/mol. The highest BCUT2D eigenvalue weighted by molar-refractivity contribution is 5.97. The first-order valence-corrected chi connectivity index (χ1v) is 10.4. The normalized spacial score (nSPS) is 13.1. The predicted octanol–water partition coefficient (Wildman–Crippen LogP) is 6.03. The highest BCUT2D eigenvalue weighted by Crippen LogP contribution is 2.41. The SMILES string of the molecule is CCc1ccc(-c2ccc3c(N=O)c(O)n(Cc4cc(F)cc5c4OCOC5)c3c2)cc1. The Balaban J connectivity index is 1.64. The number of aromatic nitrogens is 1. The number of hydrogen-bond donors (Lipinski definition) is 1. The van der Waals surface area contributed by atoms with E-state index < -0.39 is 5.82 Å². The van der Waals surface area contributed by atoms with E-state index in [-0.39, 0.29) is 31.5 Å². The molecule has 0 unspecified atom stereocenters. The number of fused-ring (bicyclic) bond motifs is 2. The van der Waals surface area contributed by atoms with Crippen LogP contribution in [-0.2, 0) is 24.3 Å². The molecule has 1 N–H and O–H groups in total. The Hall–Kier alpha value is -3.71. The van der Waals surface area contributed by atoms with Gasteiger partial charge in [0.25, 0.3) is 0 Å². The van der Waals surface area contributed by atoms with Crippen molar-refractivity contribution < 1.29 is 19.0 Å². The van der Waals surface area contributed by atoms with Crippen LogP contribution < -0.4 is 4.74 Å². The molecule has 5 rings (SSSR count). The maximum Gasteiger partial charge on any atom is 0.222 e.